The van der Waals surface area contributed by atoms with Crippen molar-refractivity contribution in [1.82, 2.24) is 20.6 Å². The molecule has 2 rings (SSSR count). The lowest BCUT2D eigenvalue weighted by atomic mass is 10.1. The van der Waals surface area contributed by atoms with Crippen molar-refractivity contribution in [2.45, 2.75) is 26.8 Å². The number of hydrogen-bond donors (Lipinski definition) is 4. The van der Waals surface area contributed by atoms with Crippen LogP contribution in [0.15, 0.2) is 23.0 Å². The molecule has 0 aliphatic carbocycles. The van der Waals surface area contributed by atoms with E-state index in [4.69, 9.17) is 0 Å². The Labute approximate surface area is 123 Å². The van der Waals surface area contributed by atoms with E-state index in [1.165, 1.54) is 0 Å². The number of amides is 1. The highest BCUT2D eigenvalue weighted by Crippen LogP contribution is 2.16. The summed E-state index contributed by atoms with van der Waals surface area (Å²) in [6.07, 6.45) is 0. The first-order valence-electron chi connectivity index (χ1n) is 7.20. The molecule has 0 radical (unpaired) electrons. The van der Waals surface area contributed by atoms with Gasteiger partial charge in [0.25, 0.3) is 0 Å². The van der Waals surface area contributed by atoms with Gasteiger partial charge in [-0.1, -0.05) is 19.9 Å². The molecule has 6 nitrogen and oxygen atoms in total. The Kier molecular flexibility index (Phi) is 4.80. The van der Waals surface area contributed by atoms with Crippen LogP contribution in [0.3, 0.4) is 0 Å². The summed E-state index contributed by atoms with van der Waals surface area (Å²) in [4.78, 5) is 28.1. The monoisotopic (exact) mass is 290 g/mol. The number of aromatic nitrogens is 2. The molecule has 1 aromatic carbocycles. The average molecular weight is 290 g/mol. The highest BCUT2D eigenvalue weighted by Gasteiger charge is 2.08. The number of imidazole rings is 1. The third kappa shape index (κ3) is 3.95. The molecule has 2 aromatic rings. The molecule has 0 aliphatic rings. The lowest BCUT2D eigenvalue weighted by molar-refractivity contribution is -0.123. The van der Waals surface area contributed by atoms with E-state index in [1.807, 2.05) is 32.0 Å². The number of hydrogen-bond acceptors (Lipinski definition) is 3. The number of benzene rings is 1. The van der Waals surface area contributed by atoms with Gasteiger partial charge in [-0.05, 0) is 24.6 Å². The van der Waals surface area contributed by atoms with E-state index < -0.39 is 0 Å². The first-order chi connectivity index (χ1) is 9.97. The van der Waals surface area contributed by atoms with Gasteiger partial charge in [-0.25, -0.2) is 4.79 Å². The summed E-state index contributed by atoms with van der Waals surface area (Å²) >= 11 is 0. The fraction of sp³-hybridized carbons (Fsp3) is 0.467. The van der Waals surface area contributed by atoms with Gasteiger partial charge in [-0.2, -0.15) is 0 Å². The molecule has 1 amide bonds. The fourth-order valence-electron chi connectivity index (χ4n) is 2.12. The molecule has 21 heavy (non-hydrogen) atoms. The van der Waals surface area contributed by atoms with Gasteiger partial charge in [0.15, 0.2) is 0 Å². The van der Waals surface area contributed by atoms with Crippen molar-refractivity contribution in [1.29, 1.82) is 0 Å². The van der Waals surface area contributed by atoms with Crippen LogP contribution in [-0.2, 0) is 4.79 Å². The Morgan fingerprint density at radius 2 is 1.86 bits per heavy atom. The Morgan fingerprint density at radius 1 is 1.14 bits per heavy atom. The SMILES string of the molecule is CC(C)C(=O)NCCNC(C)c1ccc2[nH]c(=O)[nH]c2c1. The number of carbonyl (C=O) groups is 1. The minimum Gasteiger partial charge on any atom is -0.355 e. The Hall–Kier alpha value is -2.08. The maximum atomic E-state index is 11.4. The number of H-pyrrole nitrogens is 2. The normalized spacial score (nSPS) is 12.8. The zero-order chi connectivity index (χ0) is 15.4. The second-order valence-electron chi connectivity index (χ2n) is 5.51. The molecule has 0 saturated carbocycles. The molecule has 1 heterocycles. The standard InChI is InChI=1S/C15H22N4O2/c1-9(2)14(20)17-7-6-16-10(3)11-4-5-12-13(8-11)19-15(21)18-12/h4-5,8-10,16H,6-7H2,1-3H3,(H,17,20)(H2,18,19,21). The average Bonchev–Trinajstić information content (AvgIpc) is 2.81. The summed E-state index contributed by atoms with van der Waals surface area (Å²) in [6, 6.07) is 5.97. The van der Waals surface area contributed by atoms with Crippen molar-refractivity contribution >= 4 is 16.9 Å². The number of aromatic amines is 2. The summed E-state index contributed by atoms with van der Waals surface area (Å²) in [7, 11) is 0. The highest BCUT2D eigenvalue weighted by atomic mass is 16.2. The van der Waals surface area contributed by atoms with Crippen LogP contribution in [0.2, 0.25) is 0 Å². The number of rotatable bonds is 6. The molecule has 0 spiro atoms. The first-order valence-corrected chi connectivity index (χ1v) is 7.20. The maximum absolute atomic E-state index is 11.4. The van der Waals surface area contributed by atoms with Crippen LogP contribution in [0.5, 0.6) is 0 Å². The molecule has 0 aliphatic heterocycles. The highest BCUT2D eigenvalue weighted by molar-refractivity contribution is 5.77. The quantitative estimate of drug-likeness (QED) is 0.604. The van der Waals surface area contributed by atoms with Crippen LogP contribution >= 0.6 is 0 Å². The Bertz CT molecular complexity index is 672. The van der Waals surface area contributed by atoms with Crippen molar-refractivity contribution in [3.63, 3.8) is 0 Å². The Morgan fingerprint density at radius 3 is 2.57 bits per heavy atom. The van der Waals surface area contributed by atoms with E-state index in [9.17, 15) is 9.59 Å². The second kappa shape index (κ2) is 6.58. The molecule has 0 fully saturated rings. The smallest absolute Gasteiger partial charge is 0.323 e. The predicted molar refractivity (Wildman–Crippen MR) is 83.2 cm³/mol. The van der Waals surface area contributed by atoms with Gasteiger partial charge >= 0.3 is 5.69 Å². The van der Waals surface area contributed by atoms with Gasteiger partial charge in [0.2, 0.25) is 5.91 Å². The zero-order valence-corrected chi connectivity index (χ0v) is 12.6. The lowest BCUT2D eigenvalue weighted by Crippen LogP contribution is -2.35. The summed E-state index contributed by atoms with van der Waals surface area (Å²) in [5.41, 5.74) is 2.51. The minimum atomic E-state index is -0.195. The molecule has 1 atom stereocenters. The van der Waals surface area contributed by atoms with Crippen LogP contribution in [0.1, 0.15) is 32.4 Å². The van der Waals surface area contributed by atoms with Crippen LogP contribution < -0.4 is 16.3 Å². The van der Waals surface area contributed by atoms with Crippen LogP contribution in [0.25, 0.3) is 11.0 Å². The predicted octanol–water partition coefficient (Wildman–Crippen LogP) is 1.28. The largest absolute Gasteiger partial charge is 0.355 e. The van der Waals surface area contributed by atoms with E-state index in [-0.39, 0.29) is 23.6 Å². The summed E-state index contributed by atoms with van der Waals surface area (Å²) in [6.45, 7) is 7.10. The number of carbonyl (C=O) groups excluding carboxylic acids is 1. The van der Waals surface area contributed by atoms with Crippen molar-refractivity contribution in [3.05, 3.63) is 34.2 Å². The van der Waals surface area contributed by atoms with Crippen molar-refractivity contribution in [3.8, 4) is 0 Å². The molecule has 114 valence electrons. The van der Waals surface area contributed by atoms with E-state index in [0.717, 1.165) is 16.6 Å². The van der Waals surface area contributed by atoms with Crippen molar-refractivity contribution < 1.29 is 4.79 Å². The molecule has 1 aromatic heterocycles. The van der Waals surface area contributed by atoms with Gasteiger partial charge in [0.05, 0.1) is 11.0 Å². The third-order valence-electron chi connectivity index (χ3n) is 3.44. The first kappa shape index (κ1) is 15.3. The third-order valence-corrected chi connectivity index (χ3v) is 3.44. The maximum Gasteiger partial charge on any atom is 0.323 e. The second-order valence-corrected chi connectivity index (χ2v) is 5.51. The summed E-state index contributed by atoms with van der Waals surface area (Å²) in [5.74, 6) is 0.0750. The number of nitrogens with one attached hydrogen (secondary N) is 4. The van der Waals surface area contributed by atoms with E-state index in [2.05, 4.69) is 27.5 Å². The van der Waals surface area contributed by atoms with E-state index in [0.29, 0.717) is 13.1 Å². The molecule has 0 bridgehead atoms. The molecular weight excluding hydrogens is 268 g/mol. The van der Waals surface area contributed by atoms with Gasteiger partial charge < -0.3 is 20.6 Å². The lowest BCUT2D eigenvalue weighted by Gasteiger charge is -2.15. The fourth-order valence-corrected chi connectivity index (χ4v) is 2.12. The summed E-state index contributed by atoms with van der Waals surface area (Å²) < 4.78 is 0. The Balaban J connectivity index is 1.88. The molecule has 4 N–H and O–H groups in total. The summed E-state index contributed by atoms with van der Waals surface area (Å²) in [5, 5.41) is 6.22. The zero-order valence-electron chi connectivity index (χ0n) is 12.6. The molecule has 0 saturated heterocycles. The topological polar surface area (TPSA) is 89.8 Å². The van der Waals surface area contributed by atoms with E-state index >= 15 is 0 Å². The van der Waals surface area contributed by atoms with Crippen molar-refractivity contribution in [2.24, 2.45) is 5.92 Å². The molecular formula is C15H22N4O2. The van der Waals surface area contributed by atoms with E-state index in [1.54, 1.807) is 0 Å². The van der Waals surface area contributed by atoms with Gasteiger partial charge in [0, 0.05) is 25.0 Å². The minimum absolute atomic E-state index is 0.00949. The van der Waals surface area contributed by atoms with Crippen molar-refractivity contribution in [2.75, 3.05) is 13.1 Å². The van der Waals surface area contributed by atoms with Crippen LogP contribution in [0, 0.1) is 5.92 Å². The van der Waals surface area contributed by atoms with Crippen LogP contribution in [0.4, 0.5) is 0 Å². The number of fused-ring (bicyclic) bond motifs is 1. The molecule has 1 unspecified atom stereocenters. The van der Waals surface area contributed by atoms with Gasteiger partial charge in [0.1, 0.15) is 0 Å². The van der Waals surface area contributed by atoms with Gasteiger partial charge in [-0.15, -0.1) is 0 Å². The van der Waals surface area contributed by atoms with Gasteiger partial charge in [-0.3, -0.25) is 4.79 Å². The van der Waals surface area contributed by atoms with Crippen LogP contribution in [-0.4, -0.2) is 29.0 Å². The molecule has 6 heteroatoms.